The largest absolute Gasteiger partial charge is 0.380 e. The number of carbonyl (C=O) groups excluding carboxylic acids is 1. The second-order valence-electron chi connectivity index (χ2n) is 6.31. The molecule has 2 fully saturated rings. The van der Waals surface area contributed by atoms with Crippen molar-refractivity contribution in [2.24, 2.45) is 17.6 Å². The fraction of sp³-hybridized carbons (Fsp3) is 0.588. The molecule has 2 aliphatic rings. The summed E-state index contributed by atoms with van der Waals surface area (Å²) in [5, 5.41) is 3.52. The molecule has 1 heterocycles. The zero-order valence-electron chi connectivity index (χ0n) is 13.3. The fourth-order valence-corrected chi connectivity index (χ4v) is 3.73. The number of nitrogens with two attached hydrogens (primary N) is 1. The van der Waals surface area contributed by atoms with Gasteiger partial charge in [-0.2, -0.15) is 0 Å². The third-order valence-corrected chi connectivity index (χ3v) is 4.92. The zero-order valence-corrected chi connectivity index (χ0v) is 15.0. The van der Waals surface area contributed by atoms with Gasteiger partial charge in [0.1, 0.15) is 0 Å². The highest BCUT2D eigenvalue weighted by molar-refractivity contribution is 5.85. The molecular formula is C17H27Cl2N3O. The van der Waals surface area contributed by atoms with Gasteiger partial charge in [0.25, 0.3) is 0 Å². The molecule has 130 valence electrons. The lowest BCUT2D eigenvalue weighted by Crippen LogP contribution is -2.38. The van der Waals surface area contributed by atoms with E-state index in [2.05, 4.69) is 17.4 Å². The van der Waals surface area contributed by atoms with Crippen LogP contribution in [0.4, 0.5) is 5.69 Å². The molecule has 3 atom stereocenters. The topological polar surface area (TPSA) is 58.4 Å². The third kappa shape index (κ3) is 4.75. The van der Waals surface area contributed by atoms with Gasteiger partial charge in [-0.1, -0.05) is 24.6 Å². The number of hydrogen-bond acceptors (Lipinski definition) is 3. The Labute approximate surface area is 151 Å². The number of carbonyl (C=O) groups is 1. The molecule has 3 rings (SSSR count). The first-order valence-electron chi connectivity index (χ1n) is 8.08. The second-order valence-corrected chi connectivity index (χ2v) is 6.31. The summed E-state index contributed by atoms with van der Waals surface area (Å²) in [4.78, 5) is 14.7. The summed E-state index contributed by atoms with van der Waals surface area (Å²) in [5.41, 5.74) is 6.94. The van der Waals surface area contributed by atoms with Crippen molar-refractivity contribution in [3.05, 3.63) is 30.3 Å². The van der Waals surface area contributed by atoms with E-state index in [1.54, 1.807) is 0 Å². The first-order chi connectivity index (χ1) is 10.3. The Morgan fingerprint density at radius 2 is 1.91 bits per heavy atom. The molecule has 0 aromatic heterocycles. The number of anilines is 1. The van der Waals surface area contributed by atoms with Crippen molar-refractivity contribution in [3.8, 4) is 0 Å². The molecule has 0 radical (unpaired) electrons. The summed E-state index contributed by atoms with van der Waals surface area (Å²) in [6, 6.07) is 10.6. The van der Waals surface area contributed by atoms with Gasteiger partial charge in [0.15, 0.2) is 0 Å². The minimum atomic E-state index is 0. The molecule has 1 aromatic rings. The van der Waals surface area contributed by atoms with Gasteiger partial charge in [-0.3, -0.25) is 4.79 Å². The maximum absolute atomic E-state index is 12.7. The Balaban J connectivity index is 0.00000132. The Kier molecular flexibility index (Phi) is 8.17. The molecule has 6 heteroatoms. The SMILES string of the molecule is Cl.Cl.NC[C@H]1CCC[C@H]1C(=O)N1CCC(Nc2ccccc2)C1. The molecule has 0 spiro atoms. The predicted molar refractivity (Wildman–Crippen MR) is 99.4 cm³/mol. The maximum Gasteiger partial charge on any atom is 0.226 e. The molecule has 0 bridgehead atoms. The van der Waals surface area contributed by atoms with E-state index in [1.807, 2.05) is 23.1 Å². The second kappa shape index (κ2) is 9.36. The number of amides is 1. The average Bonchev–Trinajstić information content (AvgIpc) is 3.16. The van der Waals surface area contributed by atoms with E-state index in [0.717, 1.165) is 44.5 Å². The van der Waals surface area contributed by atoms with Crippen molar-refractivity contribution < 1.29 is 4.79 Å². The number of nitrogens with zero attached hydrogens (tertiary/aromatic N) is 1. The highest BCUT2D eigenvalue weighted by Crippen LogP contribution is 2.33. The van der Waals surface area contributed by atoms with Gasteiger partial charge < -0.3 is 16.0 Å². The van der Waals surface area contributed by atoms with E-state index >= 15 is 0 Å². The summed E-state index contributed by atoms with van der Waals surface area (Å²) >= 11 is 0. The summed E-state index contributed by atoms with van der Waals surface area (Å²) in [7, 11) is 0. The van der Waals surface area contributed by atoms with Crippen LogP contribution in [0.25, 0.3) is 0 Å². The van der Waals surface area contributed by atoms with E-state index in [4.69, 9.17) is 5.73 Å². The van der Waals surface area contributed by atoms with Gasteiger partial charge >= 0.3 is 0 Å². The van der Waals surface area contributed by atoms with Gasteiger partial charge in [-0.25, -0.2) is 0 Å². The van der Waals surface area contributed by atoms with Crippen molar-refractivity contribution in [2.75, 3.05) is 25.0 Å². The van der Waals surface area contributed by atoms with Crippen LogP contribution < -0.4 is 11.1 Å². The first kappa shape index (κ1) is 20.1. The van der Waals surface area contributed by atoms with E-state index in [9.17, 15) is 4.79 Å². The monoisotopic (exact) mass is 359 g/mol. The number of hydrogen-bond donors (Lipinski definition) is 2. The highest BCUT2D eigenvalue weighted by Gasteiger charge is 2.37. The molecule has 1 aromatic carbocycles. The lowest BCUT2D eigenvalue weighted by molar-refractivity contribution is -0.135. The van der Waals surface area contributed by atoms with Gasteiger partial charge in [-0.15, -0.1) is 24.8 Å². The van der Waals surface area contributed by atoms with Crippen LogP contribution in [0, 0.1) is 11.8 Å². The van der Waals surface area contributed by atoms with Crippen LogP contribution in [0.15, 0.2) is 30.3 Å². The normalized spacial score (nSPS) is 26.3. The number of likely N-dealkylation sites (tertiary alicyclic amines) is 1. The molecule has 1 aliphatic carbocycles. The van der Waals surface area contributed by atoms with Crippen molar-refractivity contribution >= 4 is 36.4 Å². The van der Waals surface area contributed by atoms with Crippen LogP contribution in [0.5, 0.6) is 0 Å². The number of halogens is 2. The van der Waals surface area contributed by atoms with Crippen LogP contribution in [0.3, 0.4) is 0 Å². The first-order valence-corrected chi connectivity index (χ1v) is 8.08. The molecule has 1 unspecified atom stereocenters. The fourth-order valence-electron chi connectivity index (χ4n) is 3.73. The molecule has 3 N–H and O–H groups in total. The quantitative estimate of drug-likeness (QED) is 0.868. The molecular weight excluding hydrogens is 333 g/mol. The van der Waals surface area contributed by atoms with Crippen LogP contribution in [-0.2, 0) is 4.79 Å². The third-order valence-electron chi connectivity index (χ3n) is 4.92. The Morgan fingerprint density at radius 1 is 1.17 bits per heavy atom. The van der Waals surface area contributed by atoms with Crippen molar-refractivity contribution in [3.63, 3.8) is 0 Å². The van der Waals surface area contributed by atoms with Crippen LogP contribution in [0.2, 0.25) is 0 Å². The average molecular weight is 360 g/mol. The molecule has 4 nitrogen and oxygen atoms in total. The van der Waals surface area contributed by atoms with Crippen LogP contribution in [-0.4, -0.2) is 36.5 Å². The van der Waals surface area contributed by atoms with Crippen molar-refractivity contribution in [2.45, 2.75) is 31.7 Å². The van der Waals surface area contributed by atoms with Gasteiger partial charge in [-0.05, 0) is 43.9 Å². The minimum absolute atomic E-state index is 0. The number of benzene rings is 1. The molecule has 1 aliphatic heterocycles. The van der Waals surface area contributed by atoms with Crippen LogP contribution >= 0.6 is 24.8 Å². The summed E-state index contributed by atoms with van der Waals surface area (Å²) in [5.74, 6) is 0.907. The molecule has 23 heavy (non-hydrogen) atoms. The van der Waals surface area contributed by atoms with Crippen molar-refractivity contribution in [1.82, 2.24) is 4.90 Å². The Bertz CT molecular complexity index is 486. The van der Waals surface area contributed by atoms with Crippen LogP contribution in [0.1, 0.15) is 25.7 Å². The van der Waals surface area contributed by atoms with Gasteiger partial charge in [0, 0.05) is 30.7 Å². The smallest absolute Gasteiger partial charge is 0.226 e. The van der Waals surface area contributed by atoms with E-state index < -0.39 is 0 Å². The lowest BCUT2D eigenvalue weighted by atomic mass is 9.95. The van der Waals surface area contributed by atoms with E-state index in [1.165, 1.54) is 0 Å². The predicted octanol–water partition coefficient (Wildman–Crippen LogP) is 2.92. The zero-order chi connectivity index (χ0) is 14.7. The van der Waals surface area contributed by atoms with Gasteiger partial charge in [0.05, 0.1) is 0 Å². The summed E-state index contributed by atoms with van der Waals surface area (Å²) in [6.07, 6.45) is 4.32. The minimum Gasteiger partial charge on any atom is -0.380 e. The molecule has 1 saturated carbocycles. The molecule has 1 amide bonds. The van der Waals surface area contributed by atoms with E-state index in [-0.39, 0.29) is 30.7 Å². The van der Waals surface area contributed by atoms with Gasteiger partial charge in [0.2, 0.25) is 5.91 Å². The summed E-state index contributed by atoms with van der Waals surface area (Å²) < 4.78 is 0. The summed E-state index contributed by atoms with van der Waals surface area (Å²) in [6.45, 7) is 2.34. The number of para-hydroxylation sites is 1. The highest BCUT2D eigenvalue weighted by atomic mass is 35.5. The molecule has 1 saturated heterocycles. The lowest BCUT2D eigenvalue weighted by Gasteiger charge is -2.24. The Hall–Kier alpha value is -0.970. The maximum atomic E-state index is 12.7. The standard InChI is InChI=1S/C17H25N3O.2ClH/c18-11-13-5-4-8-16(13)17(21)20-10-9-15(12-20)19-14-6-2-1-3-7-14;;/h1-3,6-7,13,15-16,19H,4-5,8-12,18H2;2*1H/t13-,15?,16-;;/m1../s1. The van der Waals surface area contributed by atoms with Crippen molar-refractivity contribution in [1.29, 1.82) is 0 Å². The number of rotatable bonds is 4. The Morgan fingerprint density at radius 3 is 2.61 bits per heavy atom. The van der Waals surface area contributed by atoms with E-state index in [0.29, 0.717) is 24.4 Å². The number of nitrogens with one attached hydrogen (secondary N) is 1.